The predicted octanol–water partition coefficient (Wildman–Crippen LogP) is 3.41. The van der Waals surface area contributed by atoms with Crippen LogP contribution in [0.4, 0.5) is 5.69 Å². The Kier molecular flexibility index (Phi) is 4.24. The molecule has 27 heavy (non-hydrogen) atoms. The second kappa shape index (κ2) is 6.89. The first kappa shape index (κ1) is 16.6. The van der Waals surface area contributed by atoms with E-state index in [9.17, 15) is 4.79 Å². The number of nitrogens with zero attached hydrogens (tertiary/aromatic N) is 1. The van der Waals surface area contributed by atoms with Crippen LogP contribution in [0.2, 0.25) is 0 Å². The fourth-order valence-electron chi connectivity index (χ4n) is 4.39. The number of amides is 1. The Labute approximate surface area is 159 Å². The molecule has 0 aromatic heterocycles. The number of hydrogen-bond acceptors (Lipinski definition) is 4. The summed E-state index contributed by atoms with van der Waals surface area (Å²) in [6.07, 6.45) is 3.29. The molecule has 140 valence electrons. The fraction of sp³-hybridized carbons (Fsp3) is 0.409. The lowest BCUT2D eigenvalue weighted by Gasteiger charge is -2.38. The molecule has 2 atom stereocenters. The van der Waals surface area contributed by atoms with Gasteiger partial charge in [0.1, 0.15) is 17.6 Å². The molecule has 0 aliphatic carbocycles. The molecule has 0 saturated carbocycles. The number of carbonyl (C=O) groups is 1. The highest BCUT2D eigenvalue weighted by molar-refractivity contribution is 5.92. The van der Waals surface area contributed by atoms with Crippen LogP contribution in [0.1, 0.15) is 30.1 Å². The van der Waals surface area contributed by atoms with Gasteiger partial charge in [-0.05, 0) is 62.2 Å². The topological polar surface area (TPSA) is 50.8 Å². The average Bonchev–Trinajstić information content (AvgIpc) is 3.19. The summed E-state index contributed by atoms with van der Waals surface area (Å²) in [4.78, 5) is 14.6. The molecule has 5 heteroatoms. The van der Waals surface area contributed by atoms with E-state index in [0.717, 1.165) is 42.3 Å². The first-order valence-corrected chi connectivity index (χ1v) is 9.80. The predicted molar refractivity (Wildman–Crippen MR) is 103 cm³/mol. The number of likely N-dealkylation sites (tertiary alicyclic amines) is 1. The second-order valence-corrected chi connectivity index (χ2v) is 7.71. The van der Waals surface area contributed by atoms with Gasteiger partial charge >= 0.3 is 0 Å². The Morgan fingerprint density at radius 1 is 1.11 bits per heavy atom. The van der Waals surface area contributed by atoms with E-state index in [1.165, 1.54) is 18.4 Å². The quantitative estimate of drug-likeness (QED) is 0.907. The third-order valence-electron chi connectivity index (χ3n) is 5.76. The van der Waals surface area contributed by atoms with Gasteiger partial charge in [-0.1, -0.05) is 18.2 Å². The van der Waals surface area contributed by atoms with Gasteiger partial charge in [0.15, 0.2) is 0 Å². The maximum Gasteiger partial charge on any atom is 0.238 e. The van der Waals surface area contributed by atoms with Crippen LogP contribution in [0.25, 0.3) is 0 Å². The van der Waals surface area contributed by atoms with Crippen LogP contribution in [0.3, 0.4) is 0 Å². The van der Waals surface area contributed by atoms with E-state index in [2.05, 4.69) is 16.3 Å². The van der Waals surface area contributed by atoms with Crippen molar-refractivity contribution in [1.82, 2.24) is 4.90 Å². The van der Waals surface area contributed by atoms with E-state index in [4.69, 9.17) is 9.47 Å². The maximum absolute atomic E-state index is 12.4. The van der Waals surface area contributed by atoms with Crippen molar-refractivity contribution < 1.29 is 14.3 Å². The third-order valence-corrected chi connectivity index (χ3v) is 5.76. The smallest absolute Gasteiger partial charge is 0.238 e. The lowest BCUT2D eigenvalue weighted by atomic mass is 9.85. The van der Waals surface area contributed by atoms with Crippen molar-refractivity contribution in [2.75, 3.05) is 31.6 Å². The third kappa shape index (κ3) is 3.28. The molecule has 3 aliphatic heterocycles. The lowest BCUT2D eigenvalue weighted by molar-refractivity contribution is -0.117. The number of anilines is 1. The van der Waals surface area contributed by atoms with Gasteiger partial charge in [-0.25, -0.2) is 0 Å². The van der Waals surface area contributed by atoms with Gasteiger partial charge in [-0.2, -0.15) is 0 Å². The summed E-state index contributed by atoms with van der Waals surface area (Å²) in [7, 11) is 0. The summed E-state index contributed by atoms with van der Waals surface area (Å²) >= 11 is 0. The molecule has 0 unspecified atom stereocenters. The van der Waals surface area contributed by atoms with E-state index >= 15 is 0 Å². The molecule has 1 fully saturated rings. The summed E-state index contributed by atoms with van der Waals surface area (Å²) in [6.45, 7) is 3.15. The van der Waals surface area contributed by atoms with E-state index in [-0.39, 0.29) is 12.0 Å². The number of rotatable bonds is 3. The zero-order valence-electron chi connectivity index (χ0n) is 15.3. The second-order valence-electron chi connectivity index (χ2n) is 7.71. The summed E-state index contributed by atoms with van der Waals surface area (Å²) in [5.74, 6) is 2.14. The summed E-state index contributed by atoms with van der Waals surface area (Å²) in [5.41, 5.74) is 3.07. The summed E-state index contributed by atoms with van der Waals surface area (Å²) < 4.78 is 12.3. The van der Waals surface area contributed by atoms with Gasteiger partial charge in [-0.15, -0.1) is 0 Å². The van der Waals surface area contributed by atoms with Gasteiger partial charge in [0.25, 0.3) is 0 Å². The Morgan fingerprint density at radius 3 is 2.85 bits per heavy atom. The standard InChI is InChI=1S/C22H24N2O3/c25-21(13-24-9-3-4-10-24)23-17-7-8-20-18(12-17)22-16(14-26-20)11-15-5-1-2-6-19(15)27-22/h1-2,5-8,12,16,22H,3-4,9-11,13-14H2,(H,23,25)/t16-,22+/m0/s1. The molecule has 1 saturated heterocycles. The number of para-hydroxylation sites is 1. The molecule has 0 bridgehead atoms. The Hall–Kier alpha value is -2.53. The van der Waals surface area contributed by atoms with Crippen LogP contribution in [0, 0.1) is 5.92 Å². The number of ether oxygens (including phenoxy) is 2. The monoisotopic (exact) mass is 364 g/mol. The number of hydrogen-bond donors (Lipinski definition) is 1. The molecule has 1 amide bonds. The normalized spacial score (nSPS) is 23.4. The van der Waals surface area contributed by atoms with Crippen molar-refractivity contribution in [2.24, 2.45) is 5.92 Å². The number of benzene rings is 2. The molecule has 0 spiro atoms. The van der Waals surface area contributed by atoms with Crippen LogP contribution in [0.5, 0.6) is 11.5 Å². The molecular formula is C22H24N2O3. The van der Waals surface area contributed by atoms with Crippen LogP contribution < -0.4 is 14.8 Å². The highest BCUT2D eigenvalue weighted by Crippen LogP contribution is 2.45. The molecule has 3 aliphatic rings. The van der Waals surface area contributed by atoms with Crippen molar-refractivity contribution >= 4 is 11.6 Å². The zero-order valence-corrected chi connectivity index (χ0v) is 15.3. The minimum Gasteiger partial charge on any atom is -0.493 e. The largest absolute Gasteiger partial charge is 0.493 e. The SMILES string of the molecule is O=C(CN1CCCC1)Nc1ccc2c(c1)[C@@H]1Oc3ccccc3C[C@H]1CO2. The van der Waals surface area contributed by atoms with Crippen molar-refractivity contribution in [1.29, 1.82) is 0 Å². The van der Waals surface area contributed by atoms with Gasteiger partial charge < -0.3 is 14.8 Å². The van der Waals surface area contributed by atoms with E-state index in [0.29, 0.717) is 19.1 Å². The van der Waals surface area contributed by atoms with Gasteiger partial charge in [-0.3, -0.25) is 9.69 Å². The highest BCUT2D eigenvalue weighted by atomic mass is 16.5. The molecule has 2 aromatic carbocycles. The minimum atomic E-state index is -0.0286. The molecule has 0 radical (unpaired) electrons. The first-order chi connectivity index (χ1) is 13.3. The van der Waals surface area contributed by atoms with E-state index in [1.54, 1.807) is 0 Å². The fourth-order valence-corrected chi connectivity index (χ4v) is 4.39. The number of nitrogens with one attached hydrogen (secondary N) is 1. The molecule has 2 aromatic rings. The van der Waals surface area contributed by atoms with Crippen molar-refractivity contribution in [3.8, 4) is 11.5 Å². The van der Waals surface area contributed by atoms with Crippen LogP contribution in [-0.2, 0) is 11.2 Å². The zero-order chi connectivity index (χ0) is 18.2. The summed E-state index contributed by atoms with van der Waals surface area (Å²) in [6, 6.07) is 14.1. The molecule has 5 nitrogen and oxygen atoms in total. The summed E-state index contributed by atoms with van der Waals surface area (Å²) in [5, 5.41) is 3.04. The number of carbonyl (C=O) groups excluding carboxylic acids is 1. The Bertz CT molecular complexity index is 860. The molecule has 5 rings (SSSR count). The van der Waals surface area contributed by atoms with Gasteiger partial charge in [0.2, 0.25) is 5.91 Å². The molecule has 1 N–H and O–H groups in total. The molecule has 3 heterocycles. The van der Waals surface area contributed by atoms with Crippen molar-refractivity contribution in [3.63, 3.8) is 0 Å². The average molecular weight is 364 g/mol. The first-order valence-electron chi connectivity index (χ1n) is 9.80. The maximum atomic E-state index is 12.4. The van der Waals surface area contributed by atoms with Gasteiger partial charge in [0.05, 0.1) is 13.2 Å². The lowest BCUT2D eigenvalue weighted by Crippen LogP contribution is -2.34. The number of fused-ring (bicyclic) bond motifs is 4. The van der Waals surface area contributed by atoms with Crippen molar-refractivity contribution in [2.45, 2.75) is 25.4 Å². The van der Waals surface area contributed by atoms with Crippen molar-refractivity contribution in [3.05, 3.63) is 53.6 Å². The van der Waals surface area contributed by atoms with Crippen LogP contribution in [0.15, 0.2) is 42.5 Å². The minimum absolute atomic E-state index is 0.0286. The Balaban J connectivity index is 1.36. The highest BCUT2D eigenvalue weighted by Gasteiger charge is 2.37. The van der Waals surface area contributed by atoms with Crippen LogP contribution in [-0.4, -0.2) is 37.0 Å². The van der Waals surface area contributed by atoms with E-state index < -0.39 is 0 Å². The Morgan fingerprint density at radius 2 is 1.96 bits per heavy atom. The van der Waals surface area contributed by atoms with Crippen LogP contribution >= 0.6 is 0 Å². The van der Waals surface area contributed by atoms with Gasteiger partial charge in [0, 0.05) is 17.2 Å². The molecular weight excluding hydrogens is 340 g/mol. The van der Waals surface area contributed by atoms with E-state index in [1.807, 2.05) is 36.4 Å².